The summed E-state index contributed by atoms with van der Waals surface area (Å²) in [6, 6.07) is 2.22. The lowest BCUT2D eigenvalue weighted by molar-refractivity contribution is 0.492. The van der Waals surface area contributed by atoms with Crippen LogP contribution in [0, 0.1) is 6.92 Å². The molecule has 0 radical (unpaired) electrons. The minimum Gasteiger partial charge on any atom is -0.326 e. The fraction of sp³-hybridized carbons (Fsp3) is 0.625. The van der Waals surface area contributed by atoms with Gasteiger partial charge in [0.05, 0.1) is 6.54 Å². The largest absolute Gasteiger partial charge is 0.326 e. The van der Waals surface area contributed by atoms with Crippen molar-refractivity contribution in [1.29, 1.82) is 0 Å². The van der Waals surface area contributed by atoms with Crippen LogP contribution in [0.15, 0.2) is 12.3 Å². The van der Waals surface area contributed by atoms with Crippen molar-refractivity contribution in [3.63, 3.8) is 0 Å². The molecular weight excluding hydrogens is 138 g/mol. The number of hydrogen-bond acceptors (Lipinski definition) is 2. The third kappa shape index (κ3) is 2.05. The van der Waals surface area contributed by atoms with Gasteiger partial charge in [-0.3, -0.25) is 4.68 Å². The van der Waals surface area contributed by atoms with E-state index < -0.39 is 0 Å². The quantitative estimate of drug-likeness (QED) is 0.702. The first kappa shape index (κ1) is 8.27. The zero-order valence-electron chi connectivity index (χ0n) is 7.12. The standard InChI is InChI=1S/C8H15N3/c1-3-8(9)6-11-7(2)4-5-10-11/h4-5,8H,3,6,9H2,1-2H3/t8-/m0/s1. The van der Waals surface area contributed by atoms with Crippen molar-refractivity contribution in [2.24, 2.45) is 5.73 Å². The van der Waals surface area contributed by atoms with E-state index in [1.807, 2.05) is 17.7 Å². The summed E-state index contributed by atoms with van der Waals surface area (Å²) in [5, 5.41) is 4.14. The molecule has 0 unspecified atom stereocenters. The lowest BCUT2D eigenvalue weighted by atomic mass is 10.2. The molecule has 11 heavy (non-hydrogen) atoms. The molecule has 3 heteroatoms. The fourth-order valence-electron chi connectivity index (χ4n) is 0.941. The molecule has 0 saturated carbocycles. The molecular formula is C8H15N3. The molecule has 0 aliphatic carbocycles. The average Bonchev–Trinajstić information content (AvgIpc) is 2.37. The summed E-state index contributed by atoms with van der Waals surface area (Å²) in [6.07, 6.45) is 2.80. The summed E-state index contributed by atoms with van der Waals surface area (Å²) in [5.74, 6) is 0. The second-order valence-corrected chi connectivity index (χ2v) is 2.82. The zero-order valence-corrected chi connectivity index (χ0v) is 7.12. The Morgan fingerprint density at radius 1 is 1.73 bits per heavy atom. The van der Waals surface area contributed by atoms with Crippen LogP contribution in [0.25, 0.3) is 0 Å². The number of nitrogens with zero attached hydrogens (tertiary/aromatic N) is 2. The summed E-state index contributed by atoms with van der Waals surface area (Å²) in [6.45, 7) is 4.95. The van der Waals surface area contributed by atoms with Gasteiger partial charge in [-0.25, -0.2) is 0 Å². The normalized spacial score (nSPS) is 13.4. The van der Waals surface area contributed by atoms with Crippen molar-refractivity contribution < 1.29 is 0 Å². The molecule has 1 aromatic heterocycles. The molecule has 1 aromatic rings. The summed E-state index contributed by atoms with van der Waals surface area (Å²) in [7, 11) is 0. The minimum absolute atomic E-state index is 0.230. The first-order valence-corrected chi connectivity index (χ1v) is 3.98. The Labute approximate surface area is 67.2 Å². The lowest BCUT2D eigenvalue weighted by Gasteiger charge is -2.09. The maximum Gasteiger partial charge on any atom is 0.0563 e. The van der Waals surface area contributed by atoms with Gasteiger partial charge < -0.3 is 5.73 Å². The van der Waals surface area contributed by atoms with Crippen LogP contribution in [0.5, 0.6) is 0 Å². The molecule has 0 aliphatic rings. The topological polar surface area (TPSA) is 43.8 Å². The Morgan fingerprint density at radius 2 is 2.45 bits per heavy atom. The number of aromatic nitrogens is 2. The third-order valence-electron chi connectivity index (χ3n) is 1.86. The lowest BCUT2D eigenvalue weighted by Crippen LogP contribution is -2.26. The van der Waals surface area contributed by atoms with Gasteiger partial charge in [-0.1, -0.05) is 6.92 Å². The van der Waals surface area contributed by atoms with E-state index in [-0.39, 0.29) is 6.04 Å². The van der Waals surface area contributed by atoms with E-state index in [1.54, 1.807) is 6.20 Å². The highest BCUT2D eigenvalue weighted by molar-refractivity contribution is 4.96. The number of nitrogens with two attached hydrogens (primary N) is 1. The van der Waals surface area contributed by atoms with E-state index >= 15 is 0 Å². The molecule has 0 aliphatic heterocycles. The van der Waals surface area contributed by atoms with Gasteiger partial charge >= 0.3 is 0 Å². The monoisotopic (exact) mass is 153 g/mol. The molecule has 2 N–H and O–H groups in total. The second kappa shape index (κ2) is 3.53. The molecule has 0 aromatic carbocycles. The summed E-state index contributed by atoms with van der Waals surface area (Å²) in [5.41, 5.74) is 6.95. The van der Waals surface area contributed by atoms with Crippen molar-refractivity contribution in [1.82, 2.24) is 9.78 Å². The van der Waals surface area contributed by atoms with Crippen molar-refractivity contribution in [3.05, 3.63) is 18.0 Å². The summed E-state index contributed by atoms with van der Waals surface area (Å²) < 4.78 is 1.94. The van der Waals surface area contributed by atoms with Gasteiger partial charge in [-0.05, 0) is 19.4 Å². The highest BCUT2D eigenvalue weighted by Gasteiger charge is 2.01. The molecule has 1 heterocycles. The Hall–Kier alpha value is -0.830. The van der Waals surface area contributed by atoms with E-state index in [2.05, 4.69) is 12.0 Å². The van der Waals surface area contributed by atoms with Gasteiger partial charge in [0.15, 0.2) is 0 Å². The second-order valence-electron chi connectivity index (χ2n) is 2.82. The van der Waals surface area contributed by atoms with Crippen LogP contribution in [0.3, 0.4) is 0 Å². The first-order valence-electron chi connectivity index (χ1n) is 3.98. The summed E-state index contributed by atoms with van der Waals surface area (Å²) >= 11 is 0. The van der Waals surface area contributed by atoms with E-state index in [1.165, 1.54) is 5.69 Å². The van der Waals surface area contributed by atoms with Crippen molar-refractivity contribution in [2.45, 2.75) is 32.9 Å². The Kier molecular flexibility index (Phi) is 2.65. The Morgan fingerprint density at radius 3 is 2.91 bits per heavy atom. The van der Waals surface area contributed by atoms with Crippen LogP contribution in [0.1, 0.15) is 19.0 Å². The van der Waals surface area contributed by atoms with Gasteiger partial charge in [0.25, 0.3) is 0 Å². The minimum atomic E-state index is 0.230. The van der Waals surface area contributed by atoms with Crippen LogP contribution in [-0.4, -0.2) is 15.8 Å². The van der Waals surface area contributed by atoms with Crippen molar-refractivity contribution >= 4 is 0 Å². The van der Waals surface area contributed by atoms with E-state index in [0.29, 0.717) is 0 Å². The predicted molar refractivity (Wildman–Crippen MR) is 45.2 cm³/mol. The van der Waals surface area contributed by atoms with Crippen LogP contribution in [0.4, 0.5) is 0 Å². The molecule has 0 bridgehead atoms. The van der Waals surface area contributed by atoms with Crippen LogP contribution < -0.4 is 5.73 Å². The molecule has 0 amide bonds. The van der Waals surface area contributed by atoms with Gasteiger partial charge in [-0.2, -0.15) is 5.10 Å². The maximum absolute atomic E-state index is 5.77. The Balaban J connectivity index is 2.56. The highest BCUT2D eigenvalue weighted by Crippen LogP contribution is 1.98. The fourth-order valence-corrected chi connectivity index (χ4v) is 0.941. The predicted octanol–water partition coefficient (Wildman–Crippen LogP) is 0.929. The van der Waals surface area contributed by atoms with Crippen LogP contribution in [0.2, 0.25) is 0 Å². The van der Waals surface area contributed by atoms with Crippen molar-refractivity contribution in [2.75, 3.05) is 0 Å². The average molecular weight is 153 g/mol. The van der Waals surface area contributed by atoms with Gasteiger partial charge in [0.1, 0.15) is 0 Å². The number of aryl methyl sites for hydroxylation is 1. The van der Waals surface area contributed by atoms with Gasteiger partial charge in [0, 0.05) is 17.9 Å². The van der Waals surface area contributed by atoms with Crippen molar-refractivity contribution in [3.8, 4) is 0 Å². The maximum atomic E-state index is 5.77. The molecule has 0 saturated heterocycles. The summed E-state index contributed by atoms with van der Waals surface area (Å²) in [4.78, 5) is 0. The number of hydrogen-bond donors (Lipinski definition) is 1. The number of rotatable bonds is 3. The zero-order chi connectivity index (χ0) is 8.27. The molecule has 62 valence electrons. The first-order chi connectivity index (χ1) is 5.24. The Bertz CT molecular complexity index is 217. The van der Waals surface area contributed by atoms with Crippen LogP contribution >= 0.6 is 0 Å². The van der Waals surface area contributed by atoms with E-state index in [0.717, 1.165) is 13.0 Å². The molecule has 0 fully saturated rings. The van der Waals surface area contributed by atoms with E-state index in [4.69, 9.17) is 5.73 Å². The van der Waals surface area contributed by atoms with Gasteiger partial charge in [0.2, 0.25) is 0 Å². The molecule has 0 spiro atoms. The SMILES string of the molecule is CC[C@H](N)Cn1nccc1C. The van der Waals surface area contributed by atoms with Gasteiger partial charge in [-0.15, -0.1) is 0 Å². The molecule has 3 nitrogen and oxygen atoms in total. The molecule has 1 atom stereocenters. The van der Waals surface area contributed by atoms with E-state index in [9.17, 15) is 0 Å². The van der Waals surface area contributed by atoms with Crippen LogP contribution in [-0.2, 0) is 6.54 Å². The molecule has 1 rings (SSSR count). The third-order valence-corrected chi connectivity index (χ3v) is 1.86. The highest BCUT2D eigenvalue weighted by atomic mass is 15.3. The smallest absolute Gasteiger partial charge is 0.0563 e.